The standard InChI is InChI=1S/C26H26N2O5/c1-18(29)27-23-11-7-6-10-22(23)25(30)28-24(26(31)32-2)16-19-12-14-21(15-13-19)33-17-20-8-4-3-5-9-20/h3-15,24H,16-17H2,1-2H3,(H,27,29)(H,28,30)/t24-/m0/s1. The molecular weight excluding hydrogens is 420 g/mol. The van der Waals surface area contributed by atoms with E-state index in [2.05, 4.69) is 10.6 Å². The lowest BCUT2D eigenvalue weighted by Crippen LogP contribution is -2.43. The average molecular weight is 447 g/mol. The predicted molar refractivity (Wildman–Crippen MR) is 125 cm³/mol. The van der Waals surface area contributed by atoms with Crippen molar-refractivity contribution in [2.24, 2.45) is 0 Å². The summed E-state index contributed by atoms with van der Waals surface area (Å²) in [6.07, 6.45) is 0.236. The highest BCUT2D eigenvalue weighted by Gasteiger charge is 2.24. The normalized spacial score (nSPS) is 11.2. The van der Waals surface area contributed by atoms with Crippen LogP contribution in [0.5, 0.6) is 5.75 Å². The number of carbonyl (C=O) groups is 3. The Kier molecular flexibility index (Phi) is 8.18. The van der Waals surface area contributed by atoms with Gasteiger partial charge in [0.05, 0.1) is 18.4 Å². The van der Waals surface area contributed by atoms with Crippen LogP contribution in [0.1, 0.15) is 28.4 Å². The monoisotopic (exact) mass is 446 g/mol. The number of methoxy groups -OCH3 is 1. The molecule has 0 aliphatic rings. The zero-order valence-electron chi connectivity index (χ0n) is 18.5. The van der Waals surface area contributed by atoms with Crippen molar-refractivity contribution in [3.05, 3.63) is 95.6 Å². The SMILES string of the molecule is COC(=O)[C@H](Cc1ccc(OCc2ccccc2)cc1)NC(=O)c1ccccc1NC(C)=O. The molecule has 2 amide bonds. The van der Waals surface area contributed by atoms with Crippen molar-refractivity contribution in [2.45, 2.75) is 26.0 Å². The number of hydrogen-bond acceptors (Lipinski definition) is 5. The molecule has 33 heavy (non-hydrogen) atoms. The van der Waals surface area contributed by atoms with Gasteiger partial charge in [0.15, 0.2) is 0 Å². The average Bonchev–Trinajstić information content (AvgIpc) is 2.83. The number of ether oxygens (including phenoxy) is 2. The number of para-hydroxylation sites is 1. The van der Waals surface area contributed by atoms with Crippen molar-refractivity contribution in [3.8, 4) is 5.75 Å². The largest absolute Gasteiger partial charge is 0.489 e. The quantitative estimate of drug-likeness (QED) is 0.489. The zero-order valence-corrected chi connectivity index (χ0v) is 18.5. The first-order valence-corrected chi connectivity index (χ1v) is 10.5. The third kappa shape index (κ3) is 6.93. The first-order chi connectivity index (χ1) is 16.0. The van der Waals surface area contributed by atoms with Crippen LogP contribution < -0.4 is 15.4 Å². The molecule has 0 fully saturated rings. The van der Waals surface area contributed by atoms with Crippen molar-refractivity contribution in [1.29, 1.82) is 0 Å². The highest BCUT2D eigenvalue weighted by Crippen LogP contribution is 2.18. The van der Waals surface area contributed by atoms with Crippen LogP contribution in [-0.4, -0.2) is 30.9 Å². The van der Waals surface area contributed by atoms with Crippen LogP contribution in [0.25, 0.3) is 0 Å². The van der Waals surface area contributed by atoms with Gasteiger partial charge >= 0.3 is 5.97 Å². The van der Waals surface area contributed by atoms with Gasteiger partial charge in [0.25, 0.3) is 5.91 Å². The number of carbonyl (C=O) groups excluding carboxylic acids is 3. The van der Waals surface area contributed by atoms with Crippen molar-refractivity contribution >= 4 is 23.5 Å². The molecule has 0 aliphatic carbocycles. The van der Waals surface area contributed by atoms with E-state index >= 15 is 0 Å². The molecule has 0 bridgehead atoms. The Morgan fingerprint density at radius 1 is 0.848 bits per heavy atom. The number of hydrogen-bond donors (Lipinski definition) is 2. The Labute approximate surface area is 192 Å². The summed E-state index contributed by atoms with van der Waals surface area (Å²) in [6.45, 7) is 1.81. The van der Waals surface area contributed by atoms with E-state index in [0.29, 0.717) is 18.0 Å². The van der Waals surface area contributed by atoms with Crippen LogP contribution in [0.3, 0.4) is 0 Å². The van der Waals surface area contributed by atoms with Crippen LogP contribution in [0.4, 0.5) is 5.69 Å². The molecule has 0 unspecified atom stereocenters. The second kappa shape index (κ2) is 11.5. The zero-order chi connectivity index (χ0) is 23.6. The van der Waals surface area contributed by atoms with Crippen molar-refractivity contribution in [3.63, 3.8) is 0 Å². The number of nitrogens with one attached hydrogen (secondary N) is 2. The van der Waals surface area contributed by atoms with Crippen LogP contribution in [-0.2, 0) is 27.4 Å². The molecule has 0 aromatic heterocycles. The lowest BCUT2D eigenvalue weighted by atomic mass is 10.0. The summed E-state index contributed by atoms with van der Waals surface area (Å²) in [5, 5.41) is 5.33. The number of anilines is 1. The maximum Gasteiger partial charge on any atom is 0.328 e. The molecule has 0 radical (unpaired) electrons. The van der Waals surface area contributed by atoms with E-state index in [-0.39, 0.29) is 17.9 Å². The summed E-state index contributed by atoms with van der Waals surface area (Å²) in [6, 6.07) is 22.9. The van der Waals surface area contributed by atoms with E-state index in [4.69, 9.17) is 9.47 Å². The van der Waals surface area contributed by atoms with Gasteiger partial charge in [0, 0.05) is 13.3 Å². The molecule has 170 valence electrons. The molecule has 7 nitrogen and oxygen atoms in total. The van der Waals surface area contributed by atoms with Crippen LogP contribution in [0, 0.1) is 0 Å². The van der Waals surface area contributed by atoms with E-state index in [0.717, 1.165) is 11.1 Å². The van der Waals surface area contributed by atoms with Crippen molar-refractivity contribution in [1.82, 2.24) is 5.32 Å². The minimum Gasteiger partial charge on any atom is -0.489 e. The molecule has 0 aliphatic heterocycles. The first kappa shape index (κ1) is 23.5. The fourth-order valence-electron chi connectivity index (χ4n) is 3.25. The number of esters is 1. The van der Waals surface area contributed by atoms with Crippen LogP contribution in [0.2, 0.25) is 0 Å². The topological polar surface area (TPSA) is 93.7 Å². The highest BCUT2D eigenvalue weighted by atomic mass is 16.5. The Morgan fingerprint density at radius 2 is 1.52 bits per heavy atom. The van der Waals surface area contributed by atoms with Gasteiger partial charge < -0.3 is 20.1 Å². The lowest BCUT2D eigenvalue weighted by Gasteiger charge is -2.18. The molecule has 3 aromatic carbocycles. The Hall–Kier alpha value is -4.13. The highest BCUT2D eigenvalue weighted by molar-refractivity contribution is 6.04. The summed E-state index contributed by atoms with van der Waals surface area (Å²) >= 11 is 0. The van der Waals surface area contributed by atoms with Gasteiger partial charge in [-0.05, 0) is 35.4 Å². The van der Waals surface area contributed by atoms with Gasteiger partial charge in [-0.2, -0.15) is 0 Å². The predicted octanol–water partition coefficient (Wildman–Crippen LogP) is 3.74. The maximum absolute atomic E-state index is 12.9. The third-order valence-electron chi connectivity index (χ3n) is 4.88. The summed E-state index contributed by atoms with van der Waals surface area (Å²) < 4.78 is 10.7. The van der Waals surface area contributed by atoms with Crippen LogP contribution in [0.15, 0.2) is 78.9 Å². The number of amides is 2. The van der Waals surface area contributed by atoms with Gasteiger partial charge in [0.1, 0.15) is 18.4 Å². The van der Waals surface area contributed by atoms with Gasteiger partial charge in [-0.25, -0.2) is 4.79 Å². The summed E-state index contributed by atoms with van der Waals surface area (Å²) in [5.74, 6) is -0.651. The van der Waals surface area contributed by atoms with Crippen molar-refractivity contribution in [2.75, 3.05) is 12.4 Å². The fraction of sp³-hybridized carbons (Fsp3) is 0.192. The molecule has 0 heterocycles. The third-order valence-corrected chi connectivity index (χ3v) is 4.88. The second-order valence-electron chi connectivity index (χ2n) is 7.40. The van der Waals surface area contributed by atoms with Crippen molar-refractivity contribution < 1.29 is 23.9 Å². The smallest absolute Gasteiger partial charge is 0.328 e. The van der Waals surface area contributed by atoms with E-state index in [1.807, 2.05) is 54.6 Å². The Balaban J connectivity index is 1.67. The van der Waals surface area contributed by atoms with Gasteiger partial charge in [-0.15, -0.1) is 0 Å². The minimum atomic E-state index is -0.899. The summed E-state index contributed by atoms with van der Waals surface area (Å²) in [5.41, 5.74) is 2.51. The molecule has 0 spiro atoms. The van der Waals surface area contributed by atoms with Gasteiger partial charge in [-0.1, -0.05) is 54.6 Å². The minimum absolute atomic E-state index is 0.236. The fourth-order valence-corrected chi connectivity index (χ4v) is 3.25. The summed E-state index contributed by atoms with van der Waals surface area (Å²) in [7, 11) is 1.27. The molecule has 0 saturated heterocycles. The first-order valence-electron chi connectivity index (χ1n) is 10.5. The Bertz CT molecular complexity index is 1100. The van der Waals surface area contributed by atoms with Gasteiger partial charge in [0.2, 0.25) is 5.91 Å². The lowest BCUT2D eigenvalue weighted by molar-refractivity contribution is -0.142. The molecular formula is C26H26N2O5. The second-order valence-corrected chi connectivity index (χ2v) is 7.40. The van der Waals surface area contributed by atoms with E-state index in [1.54, 1.807) is 24.3 Å². The molecule has 2 N–H and O–H groups in total. The van der Waals surface area contributed by atoms with E-state index < -0.39 is 17.9 Å². The van der Waals surface area contributed by atoms with E-state index in [9.17, 15) is 14.4 Å². The van der Waals surface area contributed by atoms with E-state index in [1.165, 1.54) is 14.0 Å². The number of rotatable bonds is 9. The molecule has 0 saturated carbocycles. The van der Waals surface area contributed by atoms with Gasteiger partial charge in [-0.3, -0.25) is 9.59 Å². The molecule has 1 atom stereocenters. The molecule has 7 heteroatoms. The summed E-state index contributed by atoms with van der Waals surface area (Å²) in [4.78, 5) is 36.6. The molecule has 3 rings (SSSR count). The maximum atomic E-state index is 12.9. The molecule has 3 aromatic rings. The van der Waals surface area contributed by atoms with Crippen LogP contribution >= 0.6 is 0 Å². The Morgan fingerprint density at radius 3 is 2.18 bits per heavy atom. The number of benzene rings is 3.